The first kappa shape index (κ1) is 21.1. The number of carbonyl (C=O) groups is 1. The van der Waals surface area contributed by atoms with Gasteiger partial charge in [-0.25, -0.2) is 9.07 Å². The molecule has 3 aromatic carbocycles. The van der Waals surface area contributed by atoms with Gasteiger partial charge in [-0.3, -0.25) is 4.79 Å². The average molecular weight is 440 g/mol. The summed E-state index contributed by atoms with van der Waals surface area (Å²) in [5, 5.41) is 8.60. The van der Waals surface area contributed by atoms with E-state index in [4.69, 9.17) is 0 Å². The Morgan fingerprint density at radius 3 is 2.55 bits per heavy atom. The summed E-state index contributed by atoms with van der Waals surface area (Å²) in [6.45, 7) is 4.21. The molecule has 1 aromatic heterocycles. The minimum atomic E-state index is -0.278. The van der Waals surface area contributed by atoms with Gasteiger partial charge in [0, 0.05) is 22.9 Å². The van der Waals surface area contributed by atoms with Crippen molar-refractivity contribution in [1.29, 1.82) is 0 Å². The zero-order valence-corrected chi connectivity index (χ0v) is 18.4. The molecule has 1 aliphatic carbocycles. The molecule has 1 heterocycles. The molecule has 1 amide bonds. The van der Waals surface area contributed by atoms with Gasteiger partial charge in [-0.2, -0.15) is 5.10 Å². The average Bonchev–Trinajstić information content (AvgIpc) is 3.24. The first-order chi connectivity index (χ1) is 16.1. The summed E-state index contributed by atoms with van der Waals surface area (Å²) < 4.78 is 15.1. The topological polar surface area (TPSA) is 46.9 Å². The van der Waals surface area contributed by atoms with Crippen LogP contribution >= 0.6 is 0 Å². The van der Waals surface area contributed by atoms with Crippen LogP contribution in [0.2, 0.25) is 0 Å². The van der Waals surface area contributed by atoms with E-state index in [1.54, 1.807) is 23.0 Å². The van der Waals surface area contributed by atoms with Gasteiger partial charge in [-0.1, -0.05) is 43.0 Å². The third-order valence-electron chi connectivity index (χ3n) is 6.50. The Morgan fingerprint density at radius 2 is 1.85 bits per heavy atom. The van der Waals surface area contributed by atoms with Crippen LogP contribution < -0.4 is 5.32 Å². The lowest BCUT2D eigenvalue weighted by Gasteiger charge is -2.28. The number of fused-ring (bicyclic) bond motifs is 1. The number of halogens is 1. The number of carbonyl (C=O) groups excluding carboxylic acids is 1. The Labute approximate surface area is 192 Å². The van der Waals surface area contributed by atoms with Gasteiger partial charge < -0.3 is 5.32 Å². The summed E-state index contributed by atoms with van der Waals surface area (Å²) in [6, 6.07) is 22.9. The Balaban J connectivity index is 1.48. The zero-order valence-electron chi connectivity index (χ0n) is 18.4. The molecule has 1 aliphatic rings. The number of hydrogen-bond donors (Lipinski definition) is 1. The number of nitrogens with one attached hydrogen (secondary N) is 1. The Hall–Kier alpha value is -3.73. The lowest BCUT2D eigenvalue weighted by atomic mass is 9.84. The first-order valence-electron chi connectivity index (χ1n) is 11.4. The van der Waals surface area contributed by atoms with Crippen molar-refractivity contribution < 1.29 is 9.18 Å². The number of nitrogens with zero attached hydrogens (tertiary/aromatic N) is 2. The predicted octanol–water partition coefficient (Wildman–Crippen LogP) is 5.72. The molecule has 1 fully saturated rings. The van der Waals surface area contributed by atoms with E-state index in [1.807, 2.05) is 30.3 Å². The molecule has 1 unspecified atom stereocenters. The Bertz CT molecular complexity index is 1290. The zero-order chi connectivity index (χ0) is 22.8. The summed E-state index contributed by atoms with van der Waals surface area (Å²) >= 11 is 0. The SMILES string of the molecule is C=C(C(=O)NC1CCC1)C(Cc1ccccc1)c1ccc2c(cnn2-c2ccc(F)cc2)c1. The Kier molecular flexibility index (Phi) is 5.78. The van der Waals surface area contributed by atoms with Gasteiger partial charge in [-0.15, -0.1) is 0 Å². The molecule has 4 nitrogen and oxygen atoms in total. The second kappa shape index (κ2) is 9.02. The molecule has 1 saturated carbocycles. The molecule has 1 N–H and O–H groups in total. The highest BCUT2D eigenvalue weighted by Crippen LogP contribution is 2.31. The van der Waals surface area contributed by atoms with Crippen molar-refractivity contribution in [2.75, 3.05) is 0 Å². The minimum Gasteiger partial charge on any atom is -0.350 e. The van der Waals surface area contributed by atoms with Crippen LogP contribution in [0.1, 0.15) is 36.3 Å². The number of aromatic nitrogens is 2. The summed E-state index contributed by atoms with van der Waals surface area (Å²) in [5.74, 6) is -0.492. The second-order valence-electron chi connectivity index (χ2n) is 8.72. The minimum absolute atomic E-state index is 0.0669. The smallest absolute Gasteiger partial charge is 0.247 e. The van der Waals surface area contributed by atoms with Crippen molar-refractivity contribution in [3.05, 3.63) is 108 Å². The molecule has 166 valence electrons. The van der Waals surface area contributed by atoms with Gasteiger partial charge in [-0.05, 0) is 73.2 Å². The van der Waals surface area contributed by atoms with Crippen LogP contribution in [0.4, 0.5) is 4.39 Å². The van der Waals surface area contributed by atoms with E-state index in [1.165, 1.54) is 18.6 Å². The summed E-state index contributed by atoms with van der Waals surface area (Å²) in [4.78, 5) is 13.0. The highest BCUT2D eigenvalue weighted by atomic mass is 19.1. The quantitative estimate of drug-likeness (QED) is 0.375. The largest absolute Gasteiger partial charge is 0.350 e. The van der Waals surface area contributed by atoms with Gasteiger partial charge in [0.1, 0.15) is 5.82 Å². The number of amides is 1. The van der Waals surface area contributed by atoms with Gasteiger partial charge >= 0.3 is 0 Å². The summed E-state index contributed by atoms with van der Waals surface area (Å²) in [7, 11) is 0. The number of rotatable bonds is 7. The fourth-order valence-corrected chi connectivity index (χ4v) is 4.34. The van der Waals surface area contributed by atoms with E-state index in [0.717, 1.165) is 40.6 Å². The maximum atomic E-state index is 13.3. The van der Waals surface area contributed by atoms with Gasteiger partial charge in [0.2, 0.25) is 5.91 Å². The van der Waals surface area contributed by atoms with Gasteiger partial charge in [0.05, 0.1) is 17.4 Å². The predicted molar refractivity (Wildman–Crippen MR) is 129 cm³/mol. The van der Waals surface area contributed by atoms with Crippen molar-refractivity contribution in [2.45, 2.75) is 37.6 Å². The van der Waals surface area contributed by atoms with E-state index in [2.05, 4.69) is 35.2 Å². The van der Waals surface area contributed by atoms with Crippen molar-refractivity contribution in [2.24, 2.45) is 0 Å². The second-order valence-corrected chi connectivity index (χ2v) is 8.72. The van der Waals surface area contributed by atoms with Crippen LogP contribution in [0.3, 0.4) is 0 Å². The van der Waals surface area contributed by atoms with Crippen molar-refractivity contribution >= 4 is 16.8 Å². The van der Waals surface area contributed by atoms with Crippen LogP contribution in [0.5, 0.6) is 0 Å². The normalized spacial score (nSPS) is 14.6. The van der Waals surface area contributed by atoms with Gasteiger partial charge in [0.15, 0.2) is 0 Å². The molecule has 33 heavy (non-hydrogen) atoms. The van der Waals surface area contributed by atoms with Crippen molar-refractivity contribution in [1.82, 2.24) is 15.1 Å². The van der Waals surface area contributed by atoms with Gasteiger partial charge in [0.25, 0.3) is 0 Å². The fraction of sp³-hybridized carbons (Fsp3) is 0.214. The molecular formula is C28H26FN3O. The molecule has 0 bridgehead atoms. The van der Waals surface area contributed by atoms with E-state index in [-0.39, 0.29) is 23.7 Å². The van der Waals surface area contributed by atoms with Crippen LogP contribution in [0.15, 0.2) is 91.1 Å². The molecule has 5 rings (SSSR count). The molecule has 5 heteroatoms. The number of hydrogen-bond acceptors (Lipinski definition) is 2. The highest BCUT2D eigenvalue weighted by molar-refractivity contribution is 5.95. The fourth-order valence-electron chi connectivity index (χ4n) is 4.34. The van der Waals surface area contributed by atoms with Crippen LogP contribution in [0, 0.1) is 5.82 Å². The molecule has 0 saturated heterocycles. The van der Waals surface area contributed by atoms with E-state index in [9.17, 15) is 9.18 Å². The van der Waals surface area contributed by atoms with Crippen LogP contribution in [-0.2, 0) is 11.2 Å². The monoisotopic (exact) mass is 439 g/mol. The third-order valence-corrected chi connectivity index (χ3v) is 6.50. The van der Waals surface area contributed by atoms with Crippen molar-refractivity contribution in [3.8, 4) is 5.69 Å². The summed E-state index contributed by atoms with van der Waals surface area (Å²) in [5.41, 5.74) is 4.48. The Morgan fingerprint density at radius 1 is 1.09 bits per heavy atom. The van der Waals surface area contributed by atoms with Crippen molar-refractivity contribution in [3.63, 3.8) is 0 Å². The molecule has 1 atom stereocenters. The van der Waals surface area contributed by atoms with E-state index in [0.29, 0.717) is 12.0 Å². The molecule has 0 radical (unpaired) electrons. The first-order valence-corrected chi connectivity index (χ1v) is 11.4. The summed E-state index contributed by atoms with van der Waals surface area (Å²) in [6.07, 6.45) is 5.74. The van der Waals surface area contributed by atoms with E-state index < -0.39 is 0 Å². The maximum absolute atomic E-state index is 13.3. The molecule has 0 spiro atoms. The third kappa shape index (κ3) is 4.44. The van der Waals surface area contributed by atoms with E-state index >= 15 is 0 Å². The number of benzene rings is 3. The molecule has 4 aromatic rings. The van der Waals surface area contributed by atoms with Crippen LogP contribution in [-0.4, -0.2) is 21.7 Å². The molecular weight excluding hydrogens is 413 g/mol. The lowest BCUT2D eigenvalue weighted by Crippen LogP contribution is -2.41. The highest BCUT2D eigenvalue weighted by Gasteiger charge is 2.26. The standard InChI is InChI=1S/C28H26FN3O/c1-19(28(33)31-24-8-5-9-24)26(16-20-6-3-2-4-7-20)21-10-15-27-22(17-21)18-30-32(27)25-13-11-23(29)12-14-25/h2-4,6-7,10-15,17-18,24,26H,1,5,8-9,16H2,(H,31,33). The molecule has 0 aliphatic heterocycles. The van der Waals surface area contributed by atoms with Crippen LogP contribution in [0.25, 0.3) is 16.6 Å². The lowest BCUT2D eigenvalue weighted by molar-refractivity contribution is -0.118. The maximum Gasteiger partial charge on any atom is 0.247 e.